The van der Waals surface area contributed by atoms with Crippen LogP contribution in [-0.4, -0.2) is 33.5 Å². The predicted molar refractivity (Wildman–Crippen MR) is 125 cm³/mol. The van der Waals surface area contributed by atoms with Gasteiger partial charge in [-0.15, -0.1) is 11.3 Å². The smallest absolute Gasteiger partial charge is 0.355 e. The Balaban J connectivity index is 1.61. The van der Waals surface area contributed by atoms with E-state index in [0.29, 0.717) is 39.5 Å². The van der Waals surface area contributed by atoms with Gasteiger partial charge < -0.3 is 10.0 Å². The molecule has 4 rings (SSSR count). The van der Waals surface area contributed by atoms with Gasteiger partial charge >= 0.3 is 5.97 Å². The zero-order valence-electron chi connectivity index (χ0n) is 16.8. The molecule has 158 valence electrons. The maximum absolute atomic E-state index is 13.1. The van der Waals surface area contributed by atoms with Gasteiger partial charge in [0.1, 0.15) is 0 Å². The topological polar surface area (TPSA) is 95.4 Å². The molecule has 0 radical (unpaired) electrons. The van der Waals surface area contributed by atoms with Gasteiger partial charge in [-0.2, -0.15) is 0 Å². The Morgan fingerprint density at radius 3 is 2.68 bits per heavy atom. The first-order valence-electron chi connectivity index (χ1n) is 9.54. The third kappa shape index (κ3) is 4.01. The average Bonchev–Trinajstić information content (AvgIpc) is 3.35. The number of nitrogens with one attached hydrogen (secondary N) is 1. The summed E-state index contributed by atoms with van der Waals surface area (Å²) in [6.45, 7) is 10.5. The minimum atomic E-state index is -1.03. The molecule has 0 saturated carbocycles. The molecular weight excluding hydrogens is 432 g/mol. The van der Waals surface area contributed by atoms with E-state index in [1.165, 1.54) is 22.7 Å². The van der Waals surface area contributed by atoms with Crippen LogP contribution < -0.4 is 10.2 Å². The van der Waals surface area contributed by atoms with Gasteiger partial charge in [0, 0.05) is 23.5 Å². The fourth-order valence-electron chi connectivity index (χ4n) is 3.53. The van der Waals surface area contributed by atoms with Crippen LogP contribution in [0.3, 0.4) is 0 Å². The summed E-state index contributed by atoms with van der Waals surface area (Å²) >= 11 is 2.70. The van der Waals surface area contributed by atoms with Crippen LogP contribution in [0, 0.1) is 6.92 Å². The van der Waals surface area contributed by atoms with Crippen LogP contribution in [0.4, 0.5) is 10.3 Å². The number of benzene rings is 1. The first-order chi connectivity index (χ1) is 14.9. The van der Waals surface area contributed by atoms with E-state index in [9.17, 15) is 14.7 Å². The molecule has 0 fully saturated rings. The summed E-state index contributed by atoms with van der Waals surface area (Å²) in [7, 11) is 0. The number of hydrogen-bond acceptors (Lipinski definition) is 7. The SMILES string of the molecule is C=Cc1nc(NC(=O)c2cccc3c2CN(c2nc(C(=O)O)c(C)s2)CC3)sc1C=C. The Hall–Kier alpha value is -3.30. The van der Waals surface area contributed by atoms with Gasteiger partial charge in [-0.3, -0.25) is 10.1 Å². The molecule has 7 nitrogen and oxygen atoms in total. The van der Waals surface area contributed by atoms with Crippen molar-refractivity contribution in [2.24, 2.45) is 0 Å². The Morgan fingerprint density at radius 2 is 2.03 bits per heavy atom. The lowest BCUT2D eigenvalue weighted by molar-refractivity contribution is 0.0690. The molecule has 1 aliphatic heterocycles. The maximum atomic E-state index is 13.1. The standard InChI is InChI=1S/C22H20N4O3S2/c1-4-16-17(5-2)31-21(23-16)25-19(27)14-8-6-7-13-9-10-26(11-15(13)14)22-24-18(20(28)29)12(3)30-22/h4-8H,1-2,9-11H2,3H3,(H,28,29)(H,23,25,27). The van der Waals surface area contributed by atoms with Gasteiger partial charge in [0.15, 0.2) is 16.0 Å². The van der Waals surface area contributed by atoms with E-state index < -0.39 is 5.97 Å². The zero-order valence-corrected chi connectivity index (χ0v) is 18.5. The number of anilines is 2. The second-order valence-electron chi connectivity index (χ2n) is 6.95. The van der Waals surface area contributed by atoms with Gasteiger partial charge in [-0.1, -0.05) is 36.6 Å². The van der Waals surface area contributed by atoms with E-state index >= 15 is 0 Å². The normalized spacial score (nSPS) is 12.9. The third-order valence-corrected chi connectivity index (χ3v) is 7.07. The number of aromatic nitrogens is 2. The van der Waals surface area contributed by atoms with Crippen molar-refractivity contribution in [2.75, 3.05) is 16.8 Å². The lowest BCUT2D eigenvalue weighted by Crippen LogP contribution is -2.32. The van der Waals surface area contributed by atoms with Gasteiger partial charge in [0.2, 0.25) is 0 Å². The van der Waals surface area contributed by atoms with Crippen LogP contribution in [0.25, 0.3) is 12.2 Å². The number of thiazole rings is 2. The molecule has 0 spiro atoms. The number of carbonyl (C=O) groups is 2. The third-order valence-electron chi connectivity index (χ3n) is 5.06. The predicted octanol–water partition coefficient (Wildman–Crippen LogP) is 4.71. The molecule has 0 saturated heterocycles. The molecule has 9 heteroatoms. The number of amides is 1. The van der Waals surface area contributed by atoms with Crippen molar-refractivity contribution in [1.82, 2.24) is 9.97 Å². The fourth-order valence-corrected chi connectivity index (χ4v) is 5.27. The van der Waals surface area contributed by atoms with E-state index in [1.54, 1.807) is 25.1 Å². The lowest BCUT2D eigenvalue weighted by atomic mass is 9.94. The minimum absolute atomic E-state index is 0.0802. The van der Waals surface area contributed by atoms with Gasteiger partial charge in [-0.05, 0) is 42.7 Å². The number of hydrogen-bond donors (Lipinski definition) is 2. The van der Waals surface area contributed by atoms with Crippen molar-refractivity contribution in [3.8, 4) is 0 Å². The fraction of sp³-hybridized carbons (Fsp3) is 0.182. The maximum Gasteiger partial charge on any atom is 0.355 e. The zero-order chi connectivity index (χ0) is 22.1. The van der Waals surface area contributed by atoms with Crippen LogP contribution >= 0.6 is 22.7 Å². The van der Waals surface area contributed by atoms with Gasteiger partial charge in [0.05, 0.1) is 10.6 Å². The monoisotopic (exact) mass is 452 g/mol. The highest BCUT2D eigenvalue weighted by molar-refractivity contribution is 7.16. The summed E-state index contributed by atoms with van der Waals surface area (Å²) in [5.41, 5.74) is 3.36. The van der Waals surface area contributed by atoms with Crippen LogP contribution in [-0.2, 0) is 13.0 Å². The number of carboxylic acids is 1. The Bertz CT molecular complexity index is 1190. The molecular formula is C22H20N4O3S2. The molecule has 31 heavy (non-hydrogen) atoms. The van der Waals surface area contributed by atoms with Gasteiger partial charge in [0.25, 0.3) is 5.91 Å². The van der Waals surface area contributed by atoms with Crippen molar-refractivity contribution < 1.29 is 14.7 Å². The Labute approximate surface area is 187 Å². The molecule has 1 aromatic carbocycles. The Morgan fingerprint density at radius 1 is 1.23 bits per heavy atom. The molecule has 0 bridgehead atoms. The van der Waals surface area contributed by atoms with Crippen molar-refractivity contribution >= 4 is 57.0 Å². The van der Waals surface area contributed by atoms with Crippen molar-refractivity contribution in [3.63, 3.8) is 0 Å². The molecule has 0 aliphatic carbocycles. The number of carbonyl (C=O) groups excluding carboxylic acids is 1. The lowest BCUT2D eigenvalue weighted by Gasteiger charge is -2.29. The van der Waals surface area contributed by atoms with Crippen molar-refractivity contribution in [2.45, 2.75) is 19.9 Å². The first-order valence-corrected chi connectivity index (χ1v) is 11.2. The van der Waals surface area contributed by atoms with Crippen LogP contribution in [0.1, 0.15) is 47.4 Å². The number of rotatable bonds is 6. The molecule has 2 N–H and O–H groups in total. The van der Waals surface area contributed by atoms with E-state index in [-0.39, 0.29) is 11.6 Å². The second-order valence-corrected chi connectivity index (χ2v) is 9.16. The van der Waals surface area contributed by atoms with Crippen molar-refractivity contribution in [3.05, 3.63) is 69.2 Å². The van der Waals surface area contributed by atoms with Crippen molar-refractivity contribution in [1.29, 1.82) is 0 Å². The number of aromatic carboxylic acids is 1. The van der Waals surface area contributed by atoms with Crippen LogP contribution in [0.5, 0.6) is 0 Å². The van der Waals surface area contributed by atoms with E-state index in [0.717, 1.165) is 22.4 Å². The van der Waals surface area contributed by atoms with E-state index in [2.05, 4.69) is 28.4 Å². The number of aryl methyl sites for hydroxylation is 1. The summed E-state index contributed by atoms with van der Waals surface area (Å²) in [6, 6.07) is 5.70. The van der Waals surface area contributed by atoms with E-state index in [1.807, 2.05) is 17.0 Å². The Kier molecular flexibility index (Phi) is 5.71. The quantitative estimate of drug-likeness (QED) is 0.563. The highest BCUT2D eigenvalue weighted by atomic mass is 32.1. The molecule has 3 heterocycles. The molecule has 0 atom stereocenters. The number of nitrogens with zero attached hydrogens (tertiary/aromatic N) is 3. The van der Waals surface area contributed by atoms with Crippen LogP contribution in [0.15, 0.2) is 31.4 Å². The first kappa shape index (κ1) is 21.0. The largest absolute Gasteiger partial charge is 0.476 e. The summed E-state index contributed by atoms with van der Waals surface area (Å²) in [6.07, 6.45) is 4.07. The minimum Gasteiger partial charge on any atom is -0.476 e. The van der Waals surface area contributed by atoms with E-state index in [4.69, 9.17) is 0 Å². The highest BCUT2D eigenvalue weighted by Crippen LogP contribution is 2.32. The highest BCUT2D eigenvalue weighted by Gasteiger charge is 2.26. The molecule has 0 unspecified atom stereocenters. The second kappa shape index (κ2) is 8.44. The summed E-state index contributed by atoms with van der Waals surface area (Å²) < 4.78 is 0. The summed E-state index contributed by atoms with van der Waals surface area (Å²) in [5, 5.41) is 13.3. The number of carboxylic acid groups (broad SMARTS) is 1. The summed E-state index contributed by atoms with van der Waals surface area (Å²) in [4.78, 5) is 36.7. The molecule has 1 aliphatic rings. The van der Waals surface area contributed by atoms with Gasteiger partial charge in [-0.25, -0.2) is 14.8 Å². The van der Waals surface area contributed by atoms with Crippen LogP contribution in [0.2, 0.25) is 0 Å². The molecule has 2 aromatic heterocycles. The number of fused-ring (bicyclic) bond motifs is 1. The summed E-state index contributed by atoms with van der Waals surface area (Å²) in [5.74, 6) is -1.26. The molecule has 1 amide bonds. The molecule has 3 aromatic rings. The average molecular weight is 453 g/mol.